The summed E-state index contributed by atoms with van der Waals surface area (Å²) < 4.78 is 11.1. The van der Waals surface area contributed by atoms with Gasteiger partial charge in [-0.1, -0.05) is 11.6 Å². The van der Waals surface area contributed by atoms with Crippen molar-refractivity contribution in [2.24, 2.45) is 0 Å². The molecule has 0 N–H and O–H groups in total. The van der Waals surface area contributed by atoms with Crippen LogP contribution in [0.4, 0.5) is 0 Å². The molecule has 0 aliphatic heterocycles. The molecule has 0 radical (unpaired) electrons. The van der Waals surface area contributed by atoms with Crippen molar-refractivity contribution in [1.29, 1.82) is 0 Å². The lowest BCUT2D eigenvalue weighted by Gasteiger charge is -2.06. The molecule has 0 saturated heterocycles. The second-order valence-corrected chi connectivity index (χ2v) is 4.49. The molecule has 0 spiro atoms. The summed E-state index contributed by atoms with van der Waals surface area (Å²) in [6.07, 6.45) is 1.66. The van der Waals surface area contributed by atoms with Crippen molar-refractivity contribution in [2.45, 2.75) is 0 Å². The molecule has 3 aromatic rings. The second-order valence-electron chi connectivity index (χ2n) is 4.06. The van der Waals surface area contributed by atoms with E-state index in [2.05, 4.69) is 0 Å². The highest BCUT2D eigenvalue weighted by molar-refractivity contribution is 6.30. The van der Waals surface area contributed by atoms with Gasteiger partial charge in [-0.05, 0) is 60.7 Å². The Morgan fingerprint density at radius 2 is 1.42 bits per heavy atom. The number of ether oxygens (including phenoxy) is 1. The minimum absolute atomic E-state index is 0.695. The standard InChI is InChI=1S/C16H11ClO2/c17-13-5-9-15(10-6-13)19-14-7-3-12(4-8-14)16-2-1-11-18-16/h1-11H. The third-order valence-electron chi connectivity index (χ3n) is 2.71. The van der Waals surface area contributed by atoms with Gasteiger partial charge in [-0.15, -0.1) is 0 Å². The smallest absolute Gasteiger partial charge is 0.133 e. The molecule has 0 aliphatic rings. The quantitative estimate of drug-likeness (QED) is 0.636. The molecule has 1 heterocycles. The lowest BCUT2D eigenvalue weighted by atomic mass is 10.2. The van der Waals surface area contributed by atoms with Crippen LogP contribution in [0.2, 0.25) is 5.02 Å². The number of halogens is 1. The molecular formula is C16H11ClO2. The molecule has 19 heavy (non-hydrogen) atoms. The van der Waals surface area contributed by atoms with Gasteiger partial charge in [-0.2, -0.15) is 0 Å². The van der Waals surface area contributed by atoms with Crippen LogP contribution in [-0.4, -0.2) is 0 Å². The highest BCUT2D eigenvalue weighted by Gasteiger charge is 2.01. The maximum Gasteiger partial charge on any atom is 0.133 e. The average molecular weight is 271 g/mol. The first-order valence-electron chi connectivity index (χ1n) is 5.89. The van der Waals surface area contributed by atoms with Gasteiger partial charge in [0.1, 0.15) is 17.3 Å². The third-order valence-corrected chi connectivity index (χ3v) is 2.96. The molecule has 3 heteroatoms. The highest BCUT2D eigenvalue weighted by Crippen LogP contribution is 2.26. The number of benzene rings is 2. The van der Waals surface area contributed by atoms with Crippen LogP contribution in [0, 0.1) is 0 Å². The Balaban J connectivity index is 1.77. The number of hydrogen-bond acceptors (Lipinski definition) is 2. The van der Waals surface area contributed by atoms with E-state index >= 15 is 0 Å². The van der Waals surface area contributed by atoms with E-state index in [9.17, 15) is 0 Å². The fraction of sp³-hybridized carbons (Fsp3) is 0. The van der Waals surface area contributed by atoms with Crippen LogP contribution >= 0.6 is 11.6 Å². The summed E-state index contributed by atoms with van der Waals surface area (Å²) in [5.74, 6) is 2.38. The van der Waals surface area contributed by atoms with E-state index in [1.54, 1.807) is 18.4 Å². The van der Waals surface area contributed by atoms with E-state index < -0.39 is 0 Å². The van der Waals surface area contributed by atoms with E-state index in [0.717, 1.165) is 22.8 Å². The lowest BCUT2D eigenvalue weighted by Crippen LogP contribution is -1.83. The summed E-state index contributed by atoms with van der Waals surface area (Å²) in [6, 6.07) is 18.8. The lowest BCUT2D eigenvalue weighted by molar-refractivity contribution is 0.482. The van der Waals surface area contributed by atoms with Crippen molar-refractivity contribution in [2.75, 3.05) is 0 Å². The van der Waals surface area contributed by atoms with Gasteiger partial charge in [0.15, 0.2) is 0 Å². The van der Waals surface area contributed by atoms with Crippen LogP contribution in [-0.2, 0) is 0 Å². The predicted molar refractivity (Wildman–Crippen MR) is 75.7 cm³/mol. The van der Waals surface area contributed by atoms with E-state index in [1.807, 2.05) is 48.5 Å². The Morgan fingerprint density at radius 3 is 2.00 bits per heavy atom. The van der Waals surface area contributed by atoms with Gasteiger partial charge in [-0.3, -0.25) is 0 Å². The molecule has 1 aromatic heterocycles. The summed E-state index contributed by atoms with van der Waals surface area (Å²) in [4.78, 5) is 0. The fourth-order valence-electron chi connectivity index (χ4n) is 1.77. The number of furan rings is 1. The van der Waals surface area contributed by atoms with Crippen molar-refractivity contribution in [3.8, 4) is 22.8 Å². The molecular weight excluding hydrogens is 260 g/mol. The largest absolute Gasteiger partial charge is 0.464 e. The van der Waals surface area contributed by atoms with Crippen molar-refractivity contribution < 1.29 is 9.15 Å². The summed E-state index contributed by atoms with van der Waals surface area (Å²) in [5, 5.41) is 0.695. The summed E-state index contributed by atoms with van der Waals surface area (Å²) in [6.45, 7) is 0. The Labute approximate surface area is 116 Å². The normalized spacial score (nSPS) is 10.4. The Bertz CT molecular complexity index is 640. The van der Waals surface area contributed by atoms with Crippen molar-refractivity contribution >= 4 is 11.6 Å². The molecule has 0 unspecified atom stereocenters. The predicted octanol–water partition coefficient (Wildman–Crippen LogP) is 5.39. The highest BCUT2D eigenvalue weighted by atomic mass is 35.5. The van der Waals surface area contributed by atoms with E-state index in [0.29, 0.717) is 5.02 Å². The first-order chi connectivity index (χ1) is 9.31. The Morgan fingerprint density at radius 1 is 0.789 bits per heavy atom. The van der Waals surface area contributed by atoms with Crippen LogP contribution in [0.1, 0.15) is 0 Å². The van der Waals surface area contributed by atoms with Crippen LogP contribution in [0.5, 0.6) is 11.5 Å². The van der Waals surface area contributed by atoms with E-state index in [4.69, 9.17) is 20.8 Å². The summed E-state index contributed by atoms with van der Waals surface area (Å²) in [7, 11) is 0. The van der Waals surface area contributed by atoms with E-state index in [-0.39, 0.29) is 0 Å². The number of rotatable bonds is 3. The topological polar surface area (TPSA) is 22.4 Å². The van der Waals surface area contributed by atoms with Gasteiger partial charge in [0.2, 0.25) is 0 Å². The molecule has 0 bridgehead atoms. The molecule has 2 aromatic carbocycles. The van der Waals surface area contributed by atoms with Gasteiger partial charge < -0.3 is 9.15 Å². The summed E-state index contributed by atoms with van der Waals surface area (Å²) >= 11 is 5.83. The first kappa shape index (κ1) is 11.9. The van der Waals surface area contributed by atoms with Crippen LogP contribution in [0.25, 0.3) is 11.3 Å². The van der Waals surface area contributed by atoms with Gasteiger partial charge in [0, 0.05) is 10.6 Å². The molecule has 3 rings (SSSR count). The summed E-state index contributed by atoms with van der Waals surface area (Å²) in [5.41, 5.74) is 1.02. The molecule has 2 nitrogen and oxygen atoms in total. The maximum atomic E-state index is 5.83. The zero-order valence-corrected chi connectivity index (χ0v) is 10.8. The molecule has 0 aliphatic carbocycles. The van der Waals surface area contributed by atoms with Gasteiger partial charge in [0.05, 0.1) is 6.26 Å². The van der Waals surface area contributed by atoms with Crippen LogP contribution in [0.3, 0.4) is 0 Å². The molecule has 0 atom stereocenters. The second kappa shape index (κ2) is 5.21. The Hall–Kier alpha value is -2.19. The Kier molecular flexibility index (Phi) is 3.25. The minimum atomic E-state index is 0.695. The first-order valence-corrected chi connectivity index (χ1v) is 6.26. The third kappa shape index (κ3) is 2.80. The van der Waals surface area contributed by atoms with Crippen molar-refractivity contribution in [3.63, 3.8) is 0 Å². The van der Waals surface area contributed by atoms with Crippen LogP contribution < -0.4 is 4.74 Å². The van der Waals surface area contributed by atoms with E-state index in [1.165, 1.54) is 0 Å². The van der Waals surface area contributed by atoms with Gasteiger partial charge >= 0.3 is 0 Å². The fourth-order valence-corrected chi connectivity index (χ4v) is 1.89. The average Bonchev–Trinajstić information content (AvgIpc) is 2.96. The maximum absolute atomic E-state index is 5.83. The minimum Gasteiger partial charge on any atom is -0.464 e. The molecule has 94 valence electrons. The molecule has 0 amide bonds. The monoisotopic (exact) mass is 270 g/mol. The molecule has 0 fully saturated rings. The van der Waals surface area contributed by atoms with Crippen LogP contribution in [0.15, 0.2) is 71.3 Å². The SMILES string of the molecule is Clc1ccc(Oc2ccc(-c3ccco3)cc2)cc1. The van der Waals surface area contributed by atoms with Crippen molar-refractivity contribution in [3.05, 3.63) is 71.9 Å². The molecule has 0 saturated carbocycles. The van der Waals surface area contributed by atoms with Gasteiger partial charge in [0.25, 0.3) is 0 Å². The van der Waals surface area contributed by atoms with Gasteiger partial charge in [-0.25, -0.2) is 0 Å². The number of hydrogen-bond donors (Lipinski definition) is 0. The van der Waals surface area contributed by atoms with Crippen molar-refractivity contribution in [1.82, 2.24) is 0 Å². The zero-order chi connectivity index (χ0) is 13.1. The zero-order valence-electron chi connectivity index (χ0n) is 10.0.